The second-order valence-corrected chi connectivity index (χ2v) is 8.46. The number of carbonyl (C=O) groups excluding carboxylic acids is 1. The second kappa shape index (κ2) is 6.59. The summed E-state index contributed by atoms with van der Waals surface area (Å²) >= 11 is 0. The molecule has 2 bridgehead atoms. The van der Waals surface area contributed by atoms with Gasteiger partial charge in [-0.3, -0.25) is 4.79 Å². The minimum absolute atomic E-state index is 0.0992. The van der Waals surface area contributed by atoms with Gasteiger partial charge in [-0.05, 0) is 30.6 Å². The van der Waals surface area contributed by atoms with Gasteiger partial charge in [0, 0.05) is 29.5 Å². The van der Waals surface area contributed by atoms with Crippen LogP contribution in [0.15, 0.2) is 40.0 Å². The van der Waals surface area contributed by atoms with Crippen LogP contribution >= 0.6 is 0 Å². The van der Waals surface area contributed by atoms with E-state index in [1.165, 1.54) is 6.42 Å². The summed E-state index contributed by atoms with van der Waals surface area (Å²) in [5, 5.41) is 8.47. The standard InChI is InChI=1S/C21H26N4O2/c1-20(2)15-11-12-21(20,3)16(13-15)23-24-17(26)9-10-18-22-19(25-27-18)14-7-5-4-6-8-14/h4-8,15H,9-13H2,1-3H3,(H,24,26)/b23-16+/t15-,21+/m0/s1. The Labute approximate surface area is 159 Å². The predicted octanol–water partition coefficient (Wildman–Crippen LogP) is 3.99. The van der Waals surface area contributed by atoms with Crippen LogP contribution < -0.4 is 5.43 Å². The zero-order valence-corrected chi connectivity index (χ0v) is 16.2. The molecule has 0 radical (unpaired) electrons. The van der Waals surface area contributed by atoms with Gasteiger partial charge in [-0.15, -0.1) is 0 Å². The van der Waals surface area contributed by atoms with Crippen LogP contribution in [0.3, 0.4) is 0 Å². The minimum Gasteiger partial charge on any atom is -0.339 e. The lowest BCUT2D eigenvalue weighted by Crippen LogP contribution is -2.34. The van der Waals surface area contributed by atoms with Crippen LogP contribution in [0.2, 0.25) is 0 Å². The number of nitrogens with one attached hydrogen (secondary N) is 1. The van der Waals surface area contributed by atoms with E-state index in [0.29, 0.717) is 24.1 Å². The summed E-state index contributed by atoms with van der Waals surface area (Å²) in [5.74, 6) is 1.56. The third kappa shape index (κ3) is 3.07. The van der Waals surface area contributed by atoms with Crippen LogP contribution in [0.1, 0.15) is 52.3 Å². The number of nitrogens with zero attached hydrogens (tertiary/aromatic N) is 3. The molecule has 4 rings (SSSR count). The van der Waals surface area contributed by atoms with Gasteiger partial charge in [0.05, 0.1) is 0 Å². The van der Waals surface area contributed by atoms with Gasteiger partial charge in [0.25, 0.3) is 0 Å². The lowest BCUT2D eigenvalue weighted by Gasteiger charge is -2.34. The Hall–Kier alpha value is -2.50. The number of rotatable bonds is 5. The Morgan fingerprint density at radius 1 is 1.30 bits per heavy atom. The lowest BCUT2D eigenvalue weighted by molar-refractivity contribution is -0.121. The van der Waals surface area contributed by atoms with Gasteiger partial charge in [0.15, 0.2) is 0 Å². The first-order chi connectivity index (χ1) is 12.9. The fourth-order valence-corrected chi connectivity index (χ4v) is 4.56. The fraction of sp³-hybridized carbons (Fsp3) is 0.524. The molecule has 0 aliphatic heterocycles. The number of aromatic nitrogens is 2. The molecule has 1 heterocycles. The van der Waals surface area contributed by atoms with Gasteiger partial charge in [0.2, 0.25) is 17.6 Å². The monoisotopic (exact) mass is 366 g/mol. The molecular formula is C21H26N4O2. The highest BCUT2D eigenvalue weighted by atomic mass is 16.5. The first-order valence-electron chi connectivity index (χ1n) is 9.64. The van der Waals surface area contributed by atoms with E-state index in [1.54, 1.807) is 0 Å². The Balaban J connectivity index is 1.33. The van der Waals surface area contributed by atoms with Crippen LogP contribution in [0.25, 0.3) is 11.4 Å². The van der Waals surface area contributed by atoms with E-state index in [1.807, 2.05) is 30.3 Å². The minimum atomic E-state index is -0.119. The number of hydrazone groups is 1. The number of aryl methyl sites for hydroxylation is 1. The summed E-state index contributed by atoms with van der Waals surface area (Å²) in [6, 6.07) is 9.64. The maximum absolute atomic E-state index is 12.2. The zero-order chi connectivity index (χ0) is 19.1. The molecule has 0 unspecified atom stereocenters. The average Bonchev–Trinajstić information content (AvgIpc) is 3.28. The molecule has 2 saturated carbocycles. The highest BCUT2D eigenvalue weighted by Crippen LogP contribution is 2.63. The summed E-state index contributed by atoms with van der Waals surface area (Å²) in [5.41, 5.74) is 5.14. The van der Waals surface area contributed by atoms with E-state index in [-0.39, 0.29) is 23.2 Å². The highest BCUT2D eigenvalue weighted by molar-refractivity contribution is 5.95. The third-order valence-electron chi connectivity index (χ3n) is 6.89. The molecule has 1 N–H and O–H groups in total. The van der Waals surface area contributed by atoms with Crippen molar-refractivity contribution in [3.05, 3.63) is 36.2 Å². The highest BCUT2D eigenvalue weighted by Gasteiger charge is 2.59. The molecule has 2 aliphatic carbocycles. The van der Waals surface area contributed by atoms with E-state index < -0.39 is 0 Å². The molecule has 0 saturated heterocycles. The van der Waals surface area contributed by atoms with Crippen LogP contribution in [0.5, 0.6) is 0 Å². The van der Waals surface area contributed by atoms with Gasteiger partial charge in [-0.1, -0.05) is 56.3 Å². The van der Waals surface area contributed by atoms with Crippen molar-refractivity contribution in [1.29, 1.82) is 0 Å². The molecule has 142 valence electrons. The number of hydrogen-bond acceptors (Lipinski definition) is 5. The van der Waals surface area contributed by atoms with Crippen molar-refractivity contribution in [3.63, 3.8) is 0 Å². The number of fused-ring (bicyclic) bond motifs is 2. The Morgan fingerprint density at radius 2 is 2.07 bits per heavy atom. The third-order valence-corrected chi connectivity index (χ3v) is 6.89. The molecule has 2 aliphatic rings. The smallest absolute Gasteiger partial charge is 0.240 e. The predicted molar refractivity (Wildman–Crippen MR) is 103 cm³/mol. The van der Waals surface area contributed by atoms with E-state index in [9.17, 15) is 4.79 Å². The van der Waals surface area contributed by atoms with Crippen LogP contribution in [-0.2, 0) is 11.2 Å². The normalized spacial score (nSPS) is 27.2. The lowest BCUT2D eigenvalue weighted by atomic mass is 9.70. The van der Waals surface area contributed by atoms with Crippen LogP contribution in [-0.4, -0.2) is 21.8 Å². The van der Waals surface area contributed by atoms with Crippen molar-refractivity contribution in [2.45, 2.75) is 52.9 Å². The van der Waals surface area contributed by atoms with Crippen molar-refractivity contribution >= 4 is 11.6 Å². The van der Waals surface area contributed by atoms with Crippen molar-refractivity contribution in [3.8, 4) is 11.4 Å². The Bertz CT molecular complexity index is 871. The van der Waals surface area contributed by atoms with Crippen molar-refractivity contribution in [1.82, 2.24) is 15.6 Å². The summed E-state index contributed by atoms with van der Waals surface area (Å²) in [7, 11) is 0. The maximum Gasteiger partial charge on any atom is 0.240 e. The molecule has 1 amide bonds. The Morgan fingerprint density at radius 3 is 2.74 bits per heavy atom. The molecule has 0 spiro atoms. The van der Waals surface area contributed by atoms with Crippen molar-refractivity contribution in [2.24, 2.45) is 21.8 Å². The molecule has 1 aromatic heterocycles. The number of amides is 1. The summed E-state index contributed by atoms with van der Waals surface area (Å²) in [6.45, 7) is 6.94. The SMILES string of the molecule is CC1(C)[C@H]2CC[C@]1(C)/C(=N/NC(=O)CCc1nc(-c3ccccc3)no1)C2. The van der Waals surface area contributed by atoms with E-state index >= 15 is 0 Å². The van der Waals surface area contributed by atoms with Gasteiger partial charge < -0.3 is 4.52 Å². The largest absolute Gasteiger partial charge is 0.339 e. The molecule has 1 aromatic carbocycles. The van der Waals surface area contributed by atoms with Crippen molar-refractivity contribution in [2.75, 3.05) is 0 Å². The molecule has 27 heavy (non-hydrogen) atoms. The number of carbonyl (C=O) groups is 1. The average molecular weight is 366 g/mol. The maximum atomic E-state index is 12.2. The van der Waals surface area contributed by atoms with Crippen LogP contribution in [0.4, 0.5) is 0 Å². The van der Waals surface area contributed by atoms with E-state index in [0.717, 1.165) is 24.1 Å². The van der Waals surface area contributed by atoms with Crippen molar-refractivity contribution < 1.29 is 9.32 Å². The topological polar surface area (TPSA) is 80.4 Å². The second-order valence-electron chi connectivity index (χ2n) is 8.46. The first-order valence-corrected chi connectivity index (χ1v) is 9.64. The fourth-order valence-electron chi connectivity index (χ4n) is 4.56. The molecule has 6 heteroatoms. The number of benzene rings is 1. The van der Waals surface area contributed by atoms with Gasteiger partial charge in [-0.2, -0.15) is 10.1 Å². The molecule has 2 aromatic rings. The molecule has 2 atom stereocenters. The molecular weight excluding hydrogens is 340 g/mol. The van der Waals surface area contributed by atoms with E-state index in [2.05, 4.69) is 41.4 Å². The zero-order valence-electron chi connectivity index (χ0n) is 16.2. The van der Waals surface area contributed by atoms with Crippen LogP contribution in [0, 0.1) is 16.7 Å². The summed E-state index contributed by atoms with van der Waals surface area (Å²) < 4.78 is 5.25. The quantitative estimate of drug-likeness (QED) is 0.812. The molecule has 6 nitrogen and oxygen atoms in total. The van der Waals surface area contributed by atoms with Gasteiger partial charge in [-0.25, -0.2) is 5.43 Å². The Kier molecular flexibility index (Phi) is 4.36. The summed E-state index contributed by atoms with van der Waals surface area (Å²) in [6.07, 6.45) is 4.09. The summed E-state index contributed by atoms with van der Waals surface area (Å²) in [4.78, 5) is 16.6. The van der Waals surface area contributed by atoms with Gasteiger partial charge >= 0.3 is 0 Å². The number of hydrogen-bond donors (Lipinski definition) is 1. The first kappa shape index (κ1) is 17.9. The van der Waals surface area contributed by atoms with E-state index in [4.69, 9.17) is 4.52 Å². The molecule has 2 fully saturated rings. The van der Waals surface area contributed by atoms with Gasteiger partial charge in [0.1, 0.15) is 0 Å².